The number of benzene rings is 1. The molecule has 0 saturated carbocycles. The van der Waals surface area contributed by atoms with Crippen LogP contribution in [0.1, 0.15) is 10.7 Å². The molecule has 1 amide bonds. The van der Waals surface area contributed by atoms with Gasteiger partial charge in [-0.15, -0.1) is 22.7 Å². The smallest absolute Gasteiger partial charge is 0.226 e. The maximum atomic E-state index is 13.4. The summed E-state index contributed by atoms with van der Waals surface area (Å²) in [6.07, 6.45) is 2.60. The number of hydrogen-bond acceptors (Lipinski definition) is 6. The highest BCUT2D eigenvalue weighted by Gasteiger charge is 2.10. The van der Waals surface area contributed by atoms with Crippen molar-refractivity contribution in [2.75, 3.05) is 6.54 Å². The molecule has 0 unspecified atom stereocenters. The van der Waals surface area contributed by atoms with Crippen LogP contribution in [0, 0.1) is 5.82 Å². The fourth-order valence-corrected chi connectivity index (χ4v) is 4.34. The number of carbonyl (C=O) groups is 1. The molecule has 0 aliphatic heterocycles. The molecule has 4 rings (SSSR count). The zero-order chi connectivity index (χ0) is 20.1. The van der Waals surface area contributed by atoms with Crippen LogP contribution >= 0.6 is 22.7 Å². The van der Waals surface area contributed by atoms with E-state index in [0.717, 1.165) is 16.4 Å². The van der Waals surface area contributed by atoms with Gasteiger partial charge in [-0.2, -0.15) is 0 Å². The van der Waals surface area contributed by atoms with Crippen molar-refractivity contribution in [3.05, 3.63) is 75.9 Å². The molecule has 4 aromatic rings. The Morgan fingerprint density at radius 1 is 1.03 bits per heavy atom. The summed E-state index contributed by atoms with van der Waals surface area (Å²) in [4.78, 5) is 25.5. The second-order valence-electron chi connectivity index (χ2n) is 6.27. The van der Waals surface area contributed by atoms with Crippen LogP contribution < -0.4 is 5.32 Å². The third kappa shape index (κ3) is 5.10. The first-order chi connectivity index (χ1) is 14.2. The number of amides is 1. The second-order valence-corrected chi connectivity index (χ2v) is 8.07. The summed E-state index contributed by atoms with van der Waals surface area (Å²) in [5.41, 5.74) is 3.09. The van der Waals surface area contributed by atoms with Gasteiger partial charge in [0.1, 0.15) is 10.8 Å². The molecule has 0 aliphatic carbocycles. The Morgan fingerprint density at radius 2 is 1.97 bits per heavy atom. The van der Waals surface area contributed by atoms with Gasteiger partial charge in [0.05, 0.1) is 28.5 Å². The normalized spacial score (nSPS) is 10.8. The minimum atomic E-state index is -0.301. The number of hydrogen-bond donors (Lipinski definition) is 1. The lowest BCUT2D eigenvalue weighted by atomic mass is 10.2. The summed E-state index contributed by atoms with van der Waals surface area (Å²) in [6.45, 7) is 0.509. The third-order valence-corrected chi connectivity index (χ3v) is 5.95. The Kier molecular flexibility index (Phi) is 6.02. The Balaban J connectivity index is 1.27. The lowest BCUT2D eigenvalue weighted by Gasteiger charge is -2.02. The molecule has 8 heteroatoms. The molecule has 0 saturated heterocycles. The molecule has 0 radical (unpaired) electrons. The van der Waals surface area contributed by atoms with E-state index < -0.39 is 0 Å². The van der Waals surface area contributed by atoms with Crippen molar-refractivity contribution in [1.29, 1.82) is 0 Å². The van der Waals surface area contributed by atoms with Crippen molar-refractivity contribution >= 4 is 28.6 Å². The van der Waals surface area contributed by atoms with Crippen molar-refractivity contribution in [2.45, 2.75) is 12.8 Å². The fourth-order valence-electron chi connectivity index (χ4n) is 2.74. The maximum absolute atomic E-state index is 13.4. The van der Waals surface area contributed by atoms with Crippen LogP contribution in [0.2, 0.25) is 0 Å². The van der Waals surface area contributed by atoms with E-state index in [2.05, 4.69) is 20.3 Å². The van der Waals surface area contributed by atoms with E-state index in [1.807, 2.05) is 29.0 Å². The molecule has 3 heterocycles. The number of aromatic nitrogens is 3. The molecule has 146 valence electrons. The monoisotopic (exact) mass is 424 g/mol. The third-order valence-electron chi connectivity index (χ3n) is 4.11. The van der Waals surface area contributed by atoms with Gasteiger partial charge >= 0.3 is 0 Å². The average molecular weight is 425 g/mol. The summed E-state index contributed by atoms with van der Waals surface area (Å²) < 4.78 is 13.4. The molecular weight excluding hydrogens is 407 g/mol. The van der Waals surface area contributed by atoms with Crippen LogP contribution in [0.4, 0.5) is 4.39 Å². The van der Waals surface area contributed by atoms with Crippen molar-refractivity contribution in [3.8, 4) is 22.0 Å². The van der Waals surface area contributed by atoms with Gasteiger partial charge in [-0.1, -0.05) is 18.2 Å². The van der Waals surface area contributed by atoms with Crippen molar-refractivity contribution < 1.29 is 9.18 Å². The fraction of sp³-hybridized carbons (Fsp3) is 0.143. The maximum Gasteiger partial charge on any atom is 0.226 e. The molecule has 0 spiro atoms. The van der Waals surface area contributed by atoms with Gasteiger partial charge < -0.3 is 5.32 Å². The van der Waals surface area contributed by atoms with E-state index in [1.165, 1.54) is 23.5 Å². The van der Waals surface area contributed by atoms with E-state index in [0.29, 0.717) is 29.2 Å². The predicted octanol–water partition coefficient (Wildman–Crippen LogP) is 4.37. The molecule has 29 heavy (non-hydrogen) atoms. The second kappa shape index (κ2) is 9.02. The number of nitrogens with one attached hydrogen (secondary N) is 1. The predicted molar refractivity (Wildman–Crippen MR) is 113 cm³/mol. The lowest BCUT2D eigenvalue weighted by molar-refractivity contribution is -0.120. The van der Waals surface area contributed by atoms with Gasteiger partial charge in [0, 0.05) is 35.5 Å². The molecule has 3 aromatic heterocycles. The summed E-state index contributed by atoms with van der Waals surface area (Å²) in [5.74, 6) is -0.395. The minimum absolute atomic E-state index is 0.0948. The first kappa shape index (κ1) is 19.4. The Bertz CT molecular complexity index is 1110. The summed E-state index contributed by atoms with van der Waals surface area (Å²) in [7, 11) is 0. The van der Waals surface area contributed by atoms with Crippen LogP contribution in [0.5, 0.6) is 0 Å². The standard InChI is InChI=1S/C21H17FN4OS2/c22-15-5-3-4-14(10-15)21-25-16(12-29-21)11-19(27)24-9-7-20-26-18(13-28-20)17-6-1-2-8-23-17/h1-6,8,10,12-13H,7,9,11H2,(H,24,27). The van der Waals surface area contributed by atoms with Crippen LogP contribution in [-0.4, -0.2) is 27.4 Å². The Labute approximate surface area is 175 Å². The van der Waals surface area contributed by atoms with Crippen molar-refractivity contribution in [1.82, 2.24) is 20.3 Å². The van der Waals surface area contributed by atoms with Gasteiger partial charge in [0.2, 0.25) is 5.91 Å². The lowest BCUT2D eigenvalue weighted by Crippen LogP contribution is -2.27. The topological polar surface area (TPSA) is 67.8 Å². The van der Waals surface area contributed by atoms with Gasteiger partial charge in [-0.25, -0.2) is 14.4 Å². The molecule has 0 aliphatic rings. The van der Waals surface area contributed by atoms with Crippen LogP contribution in [0.25, 0.3) is 22.0 Å². The van der Waals surface area contributed by atoms with E-state index in [1.54, 1.807) is 29.7 Å². The Hall–Kier alpha value is -2.97. The Morgan fingerprint density at radius 3 is 2.79 bits per heavy atom. The minimum Gasteiger partial charge on any atom is -0.355 e. The zero-order valence-corrected chi connectivity index (χ0v) is 17.0. The highest BCUT2D eigenvalue weighted by molar-refractivity contribution is 7.13. The number of halogens is 1. The molecule has 1 N–H and O–H groups in total. The van der Waals surface area contributed by atoms with E-state index in [-0.39, 0.29) is 18.1 Å². The van der Waals surface area contributed by atoms with Gasteiger partial charge in [-0.3, -0.25) is 9.78 Å². The molecular formula is C21H17FN4OS2. The number of carbonyl (C=O) groups excluding carboxylic acids is 1. The molecule has 0 atom stereocenters. The first-order valence-electron chi connectivity index (χ1n) is 9.00. The van der Waals surface area contributed by atoms with Gasteiger partial charge in [0.25, 0.3) is 0 Å². The SMILES string of the molecule is O=C(Cc1csc(-c2cccc(F)c2)n1)NCCc1nc(-c2ccccn2)cs1. The van der Waals surface area contributed by atoms with Crippen molar-refractivity contribution in [3.63, 3.8) is 0 Å². The highest BCUT2D eigenvalue weighted by Crippen LogP contribution is 2.24. The first-order valence-corrected chi connectivity index (χ1v) is 10.8. The van der Waals surface area contributed by atoms with Gasteiger partial charge in [-0.05, 0) is 24.3 Å². The number of rotatable bonds is 7. The number of nitrogens with zero attached hydrogens (tertiary/aromatic N) is 3. The average Bonchev–Trinajstić information content (AvgIpc) is 3.39. The van der Waals surface area contributed by atoms with E-state index in [9.17, 15) is 9.18 Å². The quantitative estimate of drug-likeness (QED) is 0.478. The number of pyridine rings is 1. The highest BCUT2D eigenvalue weighted by atomic mass is 32.1. The largest absolute Gasteiger partial charge is 0.355 e. The molecule has 1 aromatic carbocycles. The van der Waals surface area contributed by atoms with Crippen LogP contribution in [-0.2, 0) is 17.6 Å². The molecule has 0 bridgehead atoms. The molecule has 0 fully saturated rings. The summed E-state index contributed by atoms with van der Waals surface area (Å²) >= 11 is 2.96. The van der Waals surface area contributed by atoms with Crippen LogP contribution in [0.15, 0.2) is 59.4 Å². The zero-order valence-electron chi connectivity index (χ0n) is 15.3. The van der Waals surface area contributed by atoms with E-state index >= 15 is 0 Å². The number of thiazole rings is 2. The molecule has 5 nitrogen and oxygen atoms in total. The summed E-state index contributed by atoms with van der Waals surface area (Å²) in [6, 6.07) is 12.0. The van der Waals surface area contributed by atoms with Crippen LogP contribution in [0.3, 0.4) is 0 Å². The van der Waals surface area contributed by atoms with Gasteiger partial charge in [0.15, 0.2) is 0 Å². The van der Waals surface area contributed by atoms with Crippen molar-refractivity contribution in [2.24, 2.45) is 0 Å². The van der Waals surface area contributed by atoms with E-state index in [4.69, 9.17) is 0 Å². The summed E-state index contributed by atoms with van der Waals surface area (Å²) in [5, 5.41) is 8.37.